The van der Waals surface area contributed by atoms with Gasteiger partial charge in [0.1, 0.15) is 11.3 Å². The number of hydrogen-bond acceptors (Lipinski definition) is 5. The number of carbonyl (C=O) groups excluding carboxylic acids is 2. The highest BCUT2D eigenvalue weighted by Crippen LogP contribution is 2.35. The first-order valence-corrected chi connectivity index (χ1v) is 10.4. The van der Waals surface area contributed by atoms with Crippen molar-refractivity contribution < 1.29 is 19.1 Å². The number of fused-ring (bicyclic) bond motifs is 1. The molecule has 168 valence electrons. The molecule has 1 amide bonds. The Morgan fingerprint density at radius 3 is 2.38 bits per heavy atom. The van der Waals surface area contributed by atoms with Crippen LogP contribution in [-0.2, 0) is 24.1 Å². The van der Waals surface area contributed by atoms with Crippen LogP contribution in [0, 0.1) is 5.82 Å². The van der Waals surface area contributed by atoms with Gasteiger partial charge in [-0.1, -0.05) is 12.1 Å². The van der Waals surface area contributed by atoms with E-state index in [0.29, 0.717) is 47.7 Å². The minimum atomic E-state index is -0.299. The maximum atomic E-state index is 13.3. The summed E-state index contributed by atoms with van der Waals surface area (Å²) in [6.45, 7) is 0.650. The minimum Gasteiger partial charge on any atom is -0.505 e. The first-order valence-electron chi connectivity index (χ1n) is 10.4. The van der Waals surface area contributed by atoms with Crippen LogP contribution in [0.4, 0.5) is 4.39 Å². The van der Waals surface area contributed by atoms with Gasteiger partial charge in [-0.05, 0) is 67.4 Å². The van der Waals surface area contributed by atoms with Gasteiger partial charge in [-0.2, -0.15) is 0 Å². The van der Waals surface area contributed by atoms with E-state index in [1.165, 1.54) is 17.0 Å². The van der Waals surface area contributed by atoms with Crippen LogP contribution in [-0.4, -0.2) is 66.8 Å². The molecule has 32 heavy (non-hydrogen) atoms. The van der Waals surface area contributed by atoms with E-state index in [-0.39, 0.29) is 29.5 Å². The molecule has 0 fully saturated rings. The lowest BCUT2D eigenvalue weighted by molar-refractivity contribution is -0.127. The molecule has 0 bridgehead atoms. The van der Waals surface area contributed by atoms with Gasteiger partial charge >= 0.3 is 0 Å². The Balaban J connectivity index is 2.19. The molecule has 6 nitrogen and oxygen atoms in total. The van der Waals surface area contributed by atoms with Crippen molar-refractivity contribution in [2.75, 3.05) is 34.7 Å². The number of likely N-dealkylation sites (N-methyl/N-ethyl adjacent to an activating group) is 2. The van der Waals surface area contributed by atoms with E-state index in [1.54, 1.807) is 32.4 Å². The SMILES string of the molecule is CN(C)CCc1c(C=O)c(O)c2ncc(Cc3ccc(F)cc3)cc2c1CC(=O)N(C)C. The smallest absolute Gasteiger partial charge is 0.226 e. The van der Waals surface area contributed by atoms with Crippen LogP contribution in [0.2, 0.25) is 0 Å². The second kappa shape index (κ2) is 9.87. The first-order chi connectivity index (χ1) is 15.2. The number of benzene rings is 2. The van der Waals surface area contributed by atoms with Gasteiger partial charge in [-0.3, -0.25) is 14.6 Å². The summed E-state index contributed by atoms with van der Waals surface area (Å²) in [5.74, 6) is -0.575. The molecule has 0 aliphatic rings. The maximum absolute atomic E-state index is 13.3. The van der Waals surface area contributed by atoms with Crippen molar-refractivity contribution in [1.29, 1.82) is 0 Å². The summed E-state index contributed by atoms with van der Waals surface area (Å²) < 4.78 is 13.3. The topological polar surface area (TPSA) is 73.7 Å². The molecule has 3 rings (SSSR count). The number of halogens is 1. The summed E-state index contributed by atoms with van der Waals surface area (Å²) in [6, 6.07) is 8.15. The molecule has 0 radical (unpaired) electrons. The third-order valence-corrected chi connectivity index (χ3v) is 5.51. The van der Waals surface area contributed by atoms with Gasteiger partial charge in [0, 0.05) is 32.2 Å². The fourth-order valence-electron chi connectivity index (χ4n) is 3.72. The Morgan fingerprint density at radius 2 is 1.78 bits per heavy atom. The molecule has 7 heteroatoms. The Kier molecular flexibility index (Phi) is 7.20. The molecule has 0 atom stereocenters. The number of phenolic OH excluding ortho intramolecular Hbond substituents is 1. The summed E-state index contributed by atoms with van der Waals surface area (Å²) >= 11 is 0. The number of carbonyl (C=O) groups is 2. The van der Waals surface area contributed by atoms with E-state index in [9.17, 15) is 19.1 Å². The van der Waals surface area contributed by atoms with Crippen molar-refractivity contribution in [3.05, 3.63) is 70.2 Å². The largest absolute Gasteiger partial charge is 0.505 e. The minimum absolute atomic E-state index is 0.0923. The highest BCUT2D eigenvalue weighted by molar-refractivity contribution is 5.99. The Bertz CT molecular complexity index is 1140. The second-order valence-electron chi connectivity index (χ2n) is 8.40. The third kappa shape index (κ3) is 5.11. The van der Waals surface area contributed by atoms with Crippen LogP contribution in [0.3, 0.4) is 0 Å². The summed E-state index contributed by atoms with van der Waals surface area (Å²) in [5, 5.41) is 11.5. The van der Waals surface area contributed by atoms with Crippen LogP contribution >= 0.6 is 0 Å². The van der Waals surface area contributed by atoms with Crippen molar-refractivity contribution in [1.82, 2.24) is 14.8 Å². The molecule has 0 unspecified atom stereocenters. The van der Waals surface area contributed by atoms with Crippen molar-refractivity contribution in [2.24, 2.45) is 0 Å². The quantitative estimate of drug-likeness (QED) is 0.548. The highest BCUT2D eigenvalue weighted by Gasteiger charge is 2.22. The first kappa shape index (κ1) is 23.3. The number of hydrogen-bond donors (Lipinski definition) is 1. The molecular formula is C25H28FN3O3. The van der Waals surface area contributed by atoms with Crippen LogP contribution in [0.1, 0.15) is 32.6 Å². The number of nitrogens with zero attached hydrogens (tertiary/aromatic N) is 3. The molecule has 2 aromatic carbocycles. The van der Waals surface area contributed by atoms with E-state index < -0.39 is 0 Å². The van der Waals surface area contributed by atoms with E-state index in [0.717, 1.165) is 11.1 Å². The molecule has 0 spiro atoms. The van der Waals surface area contributed by atoms with E-state index in [1.807, 2.05) is 25.1 Å². The van der Waals surface area contributed by atoms with Gasteiger partial charge in [-0.15, -0.1) is 0 Å². The number of aromatic nitrogens is 1. The van der Waals surface area contributed by atoms with Crippen LogP contribution in [0.15, 0.2) is 36.5 Å². The van der Waals surface area contributed by atoms with Crippen molar-refractivity contribution >= 4 is 23.1 Å². The molecule has 0 aliphatic carbocycles. The molecule has 1 heterocycles. The predicted octanol–water partition coefficient (Wildman–Crippen LogP) is 3.22. The predicted molar refractivity (Wildman–Crippen MR) is 123 cm³/mol. The van der Waals surface area contributed by atoms with Crippen LogP contribution in [0.5, 0.6) is 5.75 Å². The van der Waals surface area contributed by atoms with Crippen molar-refractivity contribution in [3.63, 3.8) is 0 Å². The van der Waals surface area contributed by atoms with E-state index >= 15 is 0 Å². The van der Waals surface area contributed by atoms with Crippen LogP contribution < -0.4 is 0 Å². The van der Waals surface area contributed by atoms with Gasteiger partial charge in [0.25, 0.3) is 0 Å². The fraction of sp³-hybridized carbons (Fsp3) is 0.320. The normalized spacial score (nSPS) is 11.2. The zero-order chi connectivity index (χ0) is 23.4. The Labute approximate surface area is 187 Å². The van der Waals surface area contributed by atoms with Gasteiger partial charge in [-0.25, -0.2) is 4.39 Å². The standard InChI is InChI=1S/C25H28FN3O3/c1-28(2)10-9-19-20(13-23(31)29(3)4)21-12-17(11-16-5-7-18(26)8-6-16)14-27-24(21)25(32)22(19)15-30/h5-8,12,14-15,32H,9-11,13H2,1-4H3. The lowest BCUT2D eigenvalue weighted by Gasteiger charge is -2.20. The van der Waals surface area contributed by atoms with Crippen molar-refractivity contribution in [3.8, 4) is 5.75 Å². The number of amides is 1. The highest BCUT2D eigenvalue weighted by atomic mass is 19.1. The van der Waals surface area contributed by atoms with Gasteiger partial charge in [0.15, 0.2) is 12.0 Å². The molecular weight excluding hydrogens is 409 g/mol. The molecule has 1 aromatic heterocycles. The molecule has 3 aromatic rings. The summed E-state index contributed by atoms with van der Waals surface area (Å²) in [5.41, 5.74) is 3.62. The average Bonchev–Trinajstić information content (AvgIpc) is 2.75. The maximum Gasteiger partial charge on any atom is 0.226 e. The zero-order valence-electron chi connectivity index (χ0n) is 18.9. The van der Waals surface area contributed by atoms with Crippen molar-refractivity contribution in [2.45, 2.75) is 19.3 Å². The monoisotopic (exact) mass is 437 g/mol. The molecule has 0 aliphatic heterocycles. The Morgan fingerprint density at radius 1 is 1.09 bits per heavy atom. The van der Waals surface area contributed by atoms with Gasteiger partial charge in [0.2, 0.25) is 5.91 Å². The second-order valence-corrected chi connectivity index (χ2v) is 8.40. The number of pyridine rings is 1. The lowest BCUT2D eigenvalue weighted by atomic mass is 9.90. The Hall–Kier alpha value is -3.32. The average molecular weight is 438 g/mol. The molecule has 0 saturated carbocycles. The number of phenols is 1. The molecule has 0 saturated heterocycles. The number of rotatable bonds is 8. The molecule has 1 N–H and O–H groups in total. The third-order valence-electron chi connectivity index (χ3n) is 5.51. The van der Waals surface area contributed by atoms with Gasteiger partial charge in [0.05, 0.1) is 12.0 Å². The summed E-state index contributed by atoms with van der Waals surface area (Å²) in [6.07, 6.45) is 3.39. The van der Waals surface area contributed by atoms with Gasteiger partial charge < -0.3 is 14.9 Å². The fourth-order valence-corrected chi connectivity index (χ4v) is 3.72. The van der Waals surface area contributed by atoms with E-state index in [2.05, 4.69) is 4.98 Å². The lowest BCUT2D eigenvalue weighted by Crippen LogP contribution is -2.25. The number of aromatic hydroxyl groups is 1. The van der Waals surface area contributed by atoms with E-state index in [4.69, 9.17) is 0 Å². The number of aldehydes is 1. The van der Waals surface area contributed by atoms with Crippen LogP contribution in [0.25, 0.3) is 10.9 Å². The summed E-state index contributed by atoms with van der Waals surface area (Å²) in [4.78, 5) is 32.5. The summed E-state index contributed by atoms with van der Waals surface area (Å²) in [7, 11) is 7.22. The zero-order valence-corrected chi connectivity index (χ0v) is 18.9.